The molecule has 1 nitrogen and oxygen atoms in total. The zero-order valence-corrected chi connectivity index (χ0v) is 8.38. The molecule has 0 amide bonds. The second-order valence-electron chi connectivity index (χ2n) is 1.83. The first-order chi connectivity index (χ1) is 3.91. The summed E-state index contributed by atoms with van der Waals surface area (Å²) in [5.74, 6) is 0.959. The van der Waals surface area contributed by atoms with Crippen LogP contribution in [0.2, 0.25) is 6.04 Å². The van der Waals surface area contributed by atoms with Crippen LogP contribution in [0.25, 0.3) is 0 Å². The molecule has 0 unspecified atom stereocenters. The highest BCUT2D eigenvalue weighted by atomic mass is 32.1. The molecule has 0 bridgehead atoms. The largest absolute Gasteiger partial charge is 0.316 e. The Kier molecular flexibility index (Phi) is 8.02. The highest BCUT2D eigenvalue weighted by Crippen LogP contribution is 1.79. The second kappa shape index (κ2) is 7.53. The molecule has 0 saturated heterocycles. The van der Waals surface area contributed by atoms with Crippen LogP contribution in [-0.2, 0) is 0 Å². The summed E-state index contributed by atoms with van der Waals surface area (Å²) >= 11 is 4.07. The van der Waals surface area contributed by atoms with Crippen molar-refractivity contribution in [3.05, 3.63) is 0 Å². The Bertz CT molecular complexity index is 37.4. The maximum absolute atomic E-state index is 4.07. The van der Waals surface area contributed by atoms with E-state index in [-0.39, 0.29) is 0 Å². The fourth-order valence-corrected chi connectivity index (χ4v) is 1.02. The Hall–Kier alpha value is 0.527. The molecule has 0 heterocycles. The van der Waals surface area contributed by atoms with Crippen molar-refractivity contribution in [2.24, 2.45) is 0 Å². The number of hydrogen-bond acceptors (Lipinski definition) is 2. The van der Waals surface area contributed by atoms with E-state index in [2.05, 4.69) is 17.9 Å². The van der Waals surface area contributed by atoms with Crippen LogP contribution in [0.1, 0.15) is 6.42 Å². The molecule has 3 heteroatoms. The van der Waals surface area contributed by atoms with Crippen LogP contribution in [0.3, 0.4) is 0 Å². The maximum Gasteiger partial charge on any atom is 0.00397 e. The Morgan fingerprint density at radius 3 is 2.62 bits per heavy atom. The SMILES string of the molecule is [SiH3]CCCNCCS. The van der Waals surface area contributed by atoms with Gasteiger partial charge in [-0.1, -0.05) is 6.04 Å². The van der Waals surface area contributed by atoms with Crippen molar-refractivity contribution >= 4 is 22.9 Å². The third kappa shape index (κ3) is 6.53. The summed E-state index contributed by atoms with van der Waals surface area (Å²) in [6, 6.07) is 1.42. The molecule has 0 atom stereocenters. The lowest BCUT2D eigenvalue weighted by molar-refractivity contribution is 0.708. The lowest BCUT2D eigenvalue weighted by Gasteiger charge is -1.97. The maximum atomic E-state index is 4.07. The van der Waals surface area contributed by atoms with E-state index in [1.165, 1.54) is 29.3 Å². The number of nitrogens with one attached hydrogen (secondary N) is 1. The van der Waals surface area contributed by atoms with Crippen molar-refractivity contribution in [2.75, 3.05) is 18.8 Å². The zero-order valence-electron chi connectivity index (χ0n) is 5.48. The fraction of sp³-hybridized carbons (Fsp3) is 1.00. The van der Waals surface area contributed by atoms with Gasteiger partial charge in [-0.15, -0.1) is 0 Å². The summed E-state index contributed by atoms with van der Waals surface area (Å²) in [7, 11) is 1.35. The molecule has 0 rings (SSSR count). The first-order valence-corrected chi connectivity index (χ1v) is 5.28. The molecule has 0 aromatic rings. The van der Waals surface area contributed by atoms with Gasteiger partial charge in [-0.05, 0) is 13.0 Å². The molecule has 1 N–H and O–H groups in total. The van der Waals surface area contributed by atoms with Gasteiger partial charge in [-0.2, -0.15) is 12.6 Å². The number of thiol groups is 1. The summed E-state index contributed by atoms with van der Waals surface area (Å²) in [4.78, 5) is 0. The van der Waals surface area contributed by atoms with Gasteiger partial charge in [0.2, 0.25) is 0 Å². The fourth-order valence-electron chi connectivity index (χ4n) is 0.506. The molecular formula is C5H15NSSi. The van der Waals surface area contributed by atoms with Gasteiger partial charge in [0.15, 0.2) is 0 Å². The van der Waals surface area contributed by atoms with Gasteiger partial charge in [0.25, 0.3) is 0 Å². The highest BCUT2D eigenvalue weighted by Gasteiger charge is 1.80. The Balaban J connectivity index is 2.53. The Morgan fingerprint density at radius 1 is 1.38 bits per heavy atom. The van der Waals surface area contributed by atoms with Gasteiger partial charge in [0.05, 0.1) is 0 Å². The van der Waals surface area contributed by atoms with Crippen molar-refractivity contribution in [1.82, 2.24) is 5.32 Å². The molecule has 8 heavy (non-hydrogen) atoms. The Labute approximate surface area is 60.1 Å². The highest BCUT2D eigenvalue weighted by molar-refractivity contribution is 7.80. The standard InChI is InChI=1S/C5H15NSSi/c7-4-3-6-2-1-5-8/h6-7H,1-5H2,8H3. The molecule has 0 aromatic carbocycles. The molecule has 0 saturated carbocycles. The molecular weight excluding hydrogens is 134 g/mol. The summed E-state index contributed by atoms with van der Waals surface area (Å²) < 4.78 is 0. The van der Waals surface area contributed by atoms with Gasteiger partial charge < -0.3 is 5.32 Å². The van der Waals surface area contributed by atoms with Crippen LogP contribution in [-0.4, -0.2) is 29.1 Å². The number of rotatable bonds is 5. The molecule has 0 fully saturated rings. The van der Waals surface area contributed by atoms with Gasteiger partial charge in [0, 0.05) is 22.5 Å². The van der Waals surface area contributed by atoms with Gasteiger partial charge in [-0.3, -0.25) is 0 Å². The molecule has 0 radical (unpaired) electrons. The van der Waals surface area contributed by atoms with Crippen molar-refractivity contribution in [1.29, 1.82) is 0 Å². The van der Waals surface area contributed by atoms with Crippen LogP contribution >= 0.6 is 12.6 Å². The summed E-state index contributed by atoms with van der Waals surface area (Å²) in [6.45, 7) is 2.24. The number of hydrogen-bond donors (Lipinski definition) is 2. The van der Waals surface area contributed by atoms with Crippen molar-refractivity contribution in [3.8, 4) is 0 Å². The van der Waals surface area contributed by atoms with E-state index in [1.807, 2.05) is 0 Å². The quantitative estimate of drug-likeness (QED) is 0.310. The predicted octanol–water partition coefficient (Wildman–Crippen LogP) is -0.320. The molecule has 0 aromatic heterocycles. The van der Waals surface area contributed by atoms with Gasteiger partial charge >= 0.3 is 0 Å². The van der Waals surface area contributed by atoms with Crippen molar-refractivity contribution in [2.45, 2.75) is 12.5 Å². The monoisotopic (exact) mass is 149 g/mol. The van der Waals surface area contributed by atoms with E-state index >= 15 is 0 Å². The van der Waals surface area contributed by atoms with Crippen LogP contribution in [0.5, 0.6) is 0 Å². The van der Waals surface area contributed by atoms with Gasteiger partial charge in [-0.25, -0.2) is 0 Å². The van der Waals surface area contributed by atoms with E-state index in [0.29, 0.717) is 0 Å². The lowest BCUT2D eigenvalue weighted by atomic mass is 10.5. The zero-order chi connectivity index (χ0) is 6.24. The molecule has 50 valence electrons. The van der Waals surface area contributed by atoms with Crippen LogP contribution in [0.4, 0.5) is 0 Å². The first-order valence-electron chi connectivity index (χ1n) is 3.23. The third-order valence-corrected chi connectivity index (χ3v) is 1.93. The summed E-state index contributed by atoms with van der Waals surface area (Å²) in [5, 5.41) is 3.28. The minimum Gasteiger partial charge on any atom is -0.316 e. The molecule has 0 aliphatic heterocycles. The van der Waals surface area contributed by atoms with E-state index in [1.54, 1.807) is 0 Å². The average molecular weight is 149 g/mol. The first kappa shape index (κ1) is 8.53. The van der Waals surface area contributed by atoms with Crippen molar-refractivity contribution < 1.29 is 0 Å². The Morgan fingerprint density at radius 2 is 2.12 bits per heavy atom. The second-order valence-corrected chi connectivity index (χ2v) is 3.27. The van der Waals surface area contributed by atoms with Crippen LogP contribution in [0.15, 0.2) is 0 Å². The topological polar surface area (TPSA) is 12.0 Å². The van der Waals surface area contributed by atoms with Crippen LogP contribution < -0.4 is 5.32 Å². The van der Waals surface area contributed by atoms with Gasteiger partial charge in [0.1, 0.15) is 0 Å². The smallest absolute Gasteiger partial charge is 0.00397 e. The predicted molar refractivity (Wildman–Crippen MR) is 46.1 cm³/mol. The average Bonchev–Trinajstić information content (AvgIpc) is 1.81. The molecule has 0 spiro atoms. The third-order valence-electron chi connectivity index (χ3n) is 0.996. The van der Waals surface area contributed by atoms with Crippen molar-refractivity contribution in [3.63, 3.8) is 0 Å². The normalized spacial score (nSPS) is 10.1. The van der Waals surface area contributed by atoms with E-state index in [4.69, 9.17) is 0 Å². The minimum atomic E-state index is 0.959. The lowest BCUT2D eigenvalue weighted by Crippen LogP contribution is -2.17. The molecule has 0 aliphatic carbocycles. The molecule has 0 aliphatic rings. The van der Waals surface area contributed by atoms with E-state index in [9.17, 15) is 0 Å². The minimum absolute atomic E-state index is 0.959. The van der Waals surface area contributed by atoms with E-state index in [0.717, 1.165) is 12.3 Å². The summed E-state index contributed by atoms with van der Waals surface area (Å²) in [5.41, 5.74) is 0. The summed E-state index contributed by atoms with van der Waals surface area (Å²) in [6.07, 6.45) is 1.35. The van der Waals surface area contributed by atoms with E-state index < -0.39 is 0 Å². The van der Waals surface area contributed by atoms with Crippen LogP contribution in [0, 0.1) is 0 Å².